The molecule has 1 heteroatoms. The first-order valence-corrected chi connectivity index (χ1v) is 8.82. The smallest absolute Gasteiger partial charge is 0.0704 e. The predicted octanol–water partition coefficient (Wildman–Crippen LogP) is 6.42. The van der Waals surface area contributed by atoms with Gasteiger partial charge in [-0.2, -0.15) is 0 Å². The standard InChI is InChI=1S/C24H23N/c1-16-10-11-25-23(12-16)20-7-5-6-18(14-20)19-8-9-22-21(15-19)13-17(2)24(22,3)4/h5-15H,1-4H3. The van der Waals surface area contributed by atoms with Gasteiger partial charge in [0.05, 0.1) is 5.69 Å². The van der Waals surface area contributed by atoms with Crippen LogP contribution < -0.4 is 0 Å². The van der Waals surface area contributed by atoms with Crippen LogP contribution in [-0.2, 0) is 5.41 Å². The minimum Gasteiger partial charge on any atom is -0.256 e. The summed E-state index contributed by atoms with van der Waals surface area (Å²) < 4.78 is 0. The Labute approximate surface area is 150 Å². The molecule has 2 aromatic carbocycles. The SMILES string of the molecule is CC1=Cc2cc(-c3cccc(-c4cc(C)ccn4)c3)ccc2C1(C)C. The highest BCUT2D eigenvalue weighted by Crippen LogP contribution is 2.42. The zero-order valence-electron chi connectivity index (χ0n) is 15.3. The molecule has 124 valence electrons. The van der Waals surface area contributed by atoms with E-state index in [0.29, 0.717) is 0 Å². The number of pyridine rings is 1. The highest BCUT2D eigenvalue weighted by molar-refractivity contribution is 5.77. The lowest BCUT2D eigenvalue weighted by molar-refractivity contribution is 0.640. The topological polar surface area (TPSA) is 12.9 Å². The normalized spacial score (nSPS) is 15.0. The van der Waals surface area contributed by atoms with Crippen LogP contribution in [-0.4, -0.2) is 4.98 Å². The number of fused-ring (bicyclic) bond motifs is 1. The second-order valence-corrected chi connectivity index (χ2v) is 7.55. The van der Waals surface area contributed by atoms with Gasteiger partial charge in [-0.1, -0.05) is 55.8 Å². The van der Waals surface area contributed by atoms with Crippen molar-refractivity contribution in [3.05, 3.63) is 83.1 Å². The van der Waals surface area contributed by atoms with Gasteiger partial charge in [0, 0.05) is 17.2 Å². The average Bonchev–Trinajstić information content (AvgIpc) is 2.84. The summed E-state index contributed by atoms with van der Waals surface area (Å²) >= 11 is 0. The molecule has 1 nitrogen and oxygen atoms in total. The van der Waals surface area contributed by atoms with Crippen molar-refractivity contribution in [2.75, 3.05) is 0 Å². The van der Waals surface area contributed by atoms with Crippen LogP contribution in [0.4, 0.5) is 0 Å². The van der Waals surface area contributed by atoms with Crippen molar-refractivity contribution >= 4 is 6.08 Å². The van der Waals surface area contributed by atoms with Gasteiger partial charge < -0.3 is 0 Å². The molecule has 0 N–H and O–H groups in total. The third-order valence-corrected chi connectivity index (χ3v) is 5.49. The molecule has 0 saturated heterocycles. The van der Waals surface area contributed by atoms with E-state index in [2.05, 4.69) is 87.3 Å². The Morgan fingerprint density at radius 2 is 1.56 bits per heavy atom. The first-order chi connectivity index (χ1) is 11.9. The molecule has 0 bridgehead atoms. The Morgan fingerprint density at radius 3 is 2.36 bits per heavy atom. The number of aryl methyl sites for hydroxylation is 1. The Kier molecular flexibility index (Phi) is 3.61. The van der Waals surface area contributed by atoms with Crippen molar-refractivity contribution in [1.82, 2.24) is 4.98 Å². The summed E-state index contributed by atoms with van der Waals surface area (Å²) in [7, 11) is 0. The van der Waals surface area contributed by atoms with E-state index in [1.165, 1.54) is 33.4 Å². The fourth-order valence-electron chi connectivity index (χ4n) is 3.61. The van der Waals surface area contributed by atoms with Gasteiger partial charge in [-0.05, 0) is 65.9 Å². The molecule has 0 saturated carbocycles. The molecule has 0 atom stereocenters. The third kappa shape index (κ3) is 2.70. The van der Waals surface area contributed by atoms with Gasteiger partial charge in [0.2, 0.25) is 0 Å². The lowest BCUT2D eigenvalue weighted by Crippen LogP contribution is -2.15. The molecule has 1 heterocycles. The van der Waals surface area contributed by atoms with Crippen LogP contribution in [0, 0.1) is 6.92 Å². The van der Waals surface area contributed by atoms with Crippen LogP contribution in [0.3, 0.4) is 0 Å². The fourth-order valence-corrected chi connectivity index (χ4v) is 3.61. The van der Waals surface area contributed by atoms with E-state index in [1.54, 1.807) is 0 Å². The van der Waals surface area contributed by atoms with Crippen LogP contribution in [0.2, 0.25) is 0 Å². The molecule has 1 aromatic heterocycles. The zero-order chi connectivity index (χ0) is 17.6. The zero-order valence-corrected chi connectivity index (χ0v) is 15.3. The van der Waals surface area contributed by atoms with Crippen molar-refractivity contribution in [1.29, 1.82) is 0 Å². The Bertz CT molecular complexity index is 992. The summed E-state index contributed by atoms with van der Waals surface area (Å²) in [6.07, 6.45) is 4.20. The van der Waals surface area contributed by atoms with Crippen molar-refractivity contribution in [2.45, 2.75) is 33.1 Å². The van der Waals surface area contributed by atoms with Crippen LogP contribution in [0.25, 0.3) is 28.5 Å². The minimum absolute atomic E-state index is 0.140. The van der Waals surface area contributed by atoms with Crippen LogP contribution in [0.5, 0.6) is 0 Å². The van der Waals surface area contributed by atoms with Gasteiger partial charge in [0.25, 0.3) is 0 Å². The molecule has 1 aliphatic rings. The maximum absolute atomic E-state index is 4.52. The molecular weight excluding hydrogens is 302 g/mol. The van der Waals surface area contributed by atoms with Crippen LogP contribution in [0.15, 0.2) is 66.4 Å². The molecule has 0 amide bonds. The Morgan fingerprint density at radius 1 is 0.800 bits per heavy atom. The van der Waals surface area contributed by atoms with Gasteiger partial charge in [-0.15, -0.1) is 0 Å². The first kappa shape index (κ1) is 15.8. The van der Waals surface area contributed by atoms with E-state index in [1.807, 2.05) is 12.3 Å². The predicted molar refractivity (Wildman–Crippen MR) is 107 cm³/mol. The average molecular weight is 325 g/mol. The quantitative estimate of drug-likeness (QED) is 0.530. The van der Waals surface area contributed by atoms with E-state index in [-0.39, 0.29) is 5.41 Å². The fraction of sp³-hybridized carbons (Fsp3) is 0.208. The molecule has 3 aromatic rings. The van der Waals surface area contributed by atoms with Crippen molar-refractivity contribution in [2.24, 2.45) is 0 Å². The van der Waals surface area contributed by atoms with Crippen molar-refractivity contribution in [3.63, 3.8) is 0 Å². The summed E-state index contributed by atoms with van der Waals surface area (Å²) in [5.41, 5.74) is 10.3. The monoisotopic (exact) mass is 325 g/mol. The first-order valence-electron chi connectivity index (χ1n) is 8.82. The van der Waals surface area contributed by atoms with Gasteiger partial charge in [0.15, 0.2) is 0 Å². The van der Waals surface area contributed by atoms with E-state index in [0.717, 1.165) is 11.3 Å². The molecule has 0 fully saturated rings. The molecule has 0 unspecified atom stereocenters. The molecule has 0 aliphatic heterocycles. The van der Waals surface area contributed by atoms with Crippen LogP contribution >= 0.6 is 0 Å². The lowest BCUT2D eigenvalue weighted by Gasteiger charge is -2.22. The second kappa shape index (κ2) is 5.70. The molecule has 25 heavy (non-hydrogen) atoms. The highest BCUT2D eigenvalue weighted by atomic mass is 14.7. The molecule has 4 rings (SSSR count). The minimum atomic E-state index is 0.140. The maximum atomic E-state index is 4.52. The number of rotatable bonds is 2. The van der Waals surface area contributed by atoms with Crippen molar-refractivity contribution < 1.29 is 0 Å². The number of hydrogen-bond donors (Lipinski definition) is 0. The lowest BCUT2D eigenvalue weighted by atomic mass is 9.81. The summed E-state index contributed by atoms with van der Waals surface area (Å²) in [6, 6.07) is 19.7. The molecule has 0 radical (unpaired) electrons. The molecule has 0 spiro atoms. The summed E-state index contributed by atoms with van der Waals surface area (Å²) in [4.78, 5) is 4.52. The maximum Gasteiger partial charge on any atom is 0.0704 e. The highest BCUT2D eigenvalue weighted by Gasteiger charge is 2.30. The molecular formula is C24H23N. The summed E-state index contributed by atoms with van der Waals surface area (Å²) in [6.45, 7) is 8.93. The summed E-state index contributed by atoms with van der Waals surface area (Å²) in [5.74, 6) is 0. The largest absolute Gasteiger partial charge is 0.256 e. The van der Waals surface area contributed by atoms with E-state index >= 15 is 0 Å². The number of aromatic nitrogens is 1. The van der Waals surface area contributed by atoms with Gasteiger partial charge >= 0.3 is 0 Å². The number of hydrogen-bond acceptors (Lipinski definition) is 1. The van der Waals surface area contributed by atoms with Crippen LogP contribution in [0.1, 0.15) is 37.5 Å². The third-order valence-electron chi connectivity index (χ3n) is 5.49. The van der Waals surface area contributed by atoms with Crippen molar-refractivity contribution in [3.8, 4) is 22.4 Å². The van der Waals surface area contributed by atoms with Gasteiger partial charge in [0.1, 0.15) is 0 Å². The van der Waals surface area contributed by atoms with Gasteiger partial charge in [-0.25, -0.2) is 0 Å². The summed E-state index contributed by atoms with van der Waals surface area (Å²) in [5, 5.41) is 0. The van der Waals surface area contributed by atoms with E-state index in [4.69, 9.17) is 0 Å². The Balaban J connectivity index is 1.77. The number of benzene rings is 2. The molecule has 1 aliphatic carbocycles. The van der Waals surface area contributed by atoms with E-state index in [9.17, 15) is 0 Å². The van der Waals surface area contributed by atoms with E-state index < -0.39 is 0 Å². The second-order valence-electron chi connectivity index (χ2n) is 7.55. The Hall–Kier alpha value is -2.67. The number of allylic oxidation sites excluding steroid dienone is 1. The number of nitrogens with zero attached hydrogens (tertiary/aromatic N) is 1. The van der Waals surface area contributed by atoms with Gasteiger partial charge in [-0.3, -0.25) is 4.98 Å².